The van der Waals surface area contributed by atoms with Crippen molar-refractivity contribution in [3.8, 4) is 0 Å². The van der Waals surface area contributed by atoms with E-state index in [2.05, 4.69) is 36.2 Å². The number of benzene rings is 1. The Morgan fingerprint density at radius 1 is 1.21 bits per heavy atom. The second kappa shape index (κ2) is 5.85. The van der Waals surface area contributed by atoms with Crippen molar-refractivity contribution in [1.82, 2.24) is 10.2 Å². The highest BCUT2D eigenvalue weighted by molar-refractivity contribution is 5.83. The predicted octanol–water partition coefficient (Wildman–Crippen LogP) is 2.75. The molecule has 0 bridgehead atoms. The summed E-state index contributed by atoms with van der Waals surface area (Å²) in [5, 5.41) is 3.42. The fourth-order valence-electron chi connectivity index (χ4n) is 4.47. The first-order chi connectivity index (χ1) is 11.5. The first kappa shape index (κ1) is 16.1. The second-order valence-corrected chi connectivity index (χ2v) is 8.34. The third-order valence-corrected chi connectivity index (χ3v) is 6.24. The highest BCUT2D eigenvalue weighted by Crippen LogP contribution is 2.59. The summed E-state index contributed by atoms with van der Waals surface area (Å²) in [7, 11) is 0. The summed E-state index contributed by atoms with van der Waals surface area (Å²) in [5.74, 6) is 0.583. The lowest BCUT2D eigenvalue weighted by Gasteiger charge is -2.46. The number of ether oxygens (including phenoxy) is 1. The average molecular weight is 328 g/mol. The quantitative estimate of drug-likeness (QED) is 0.908. The largest absolute Gasteiger partial charge is 0.369 e. The lowest BCUT2D eigenvalue weighted by molar-refractivity contribution is -0.157. The number of nitrogens with one attached hydrogen (secondary N) is 1. The van der Waals surface area contributed by atoms with Crippen LogP contribution in [0.1, 0.15) is 44.8 Å². The van der Waals surface area contributed by atoms with Gasteiger partial charge in [-0.25, -0.2) is 0 Å². The molecule has 2 atom stereocenters. The number of rotatable bonds is 2. The van der Waals surface area contributed by atoms with E-state index >= 15 is 0 Å². The molecule has 2 unspecified atom stereocenters. The van der Waals surface area contributed by atoms with E-state index in [1.807, 2.05) is 18.2 Å². The van der Waals surface area contributed by atoms with Crippen molar-refractivity contribution in [2.75, 3.05) is 26.2 Å². The van der Waals surface area contributed by atoms with Crippen LogP contribution in [0.4, 0.5) is 0 Å². The number of carbonyl (C=O) groups is 1. The van der Waals surface area contributed by atoms with Crippen LogP contribution in [0.5, 0.6) is 0 Å². The number of nitrogens with zero attached hydrogens (tertiary/aromatic N) is 1. The molecule has 1 saturated carbocycles. The number of carbonyl (C=O) groups excluding carboxylic acids is 1. The van der Waals surface area contributed by atoms with Gasteiger partial charge in [0.2, 0.25) is 5.91 Å². The van der Waals surface area contributed by atoms with E-state index in [0.717, 1.165) is 37.9 Å². The summed E-state index contributed by atoms with van der Waals surface area (Å²) in [5.41, 5.74) is 1.23. The number of amides is 1. The van der Waals surface area contributed by atoms with E-state index < -0.39 is 0 Å². The van der Waals surface area contributed by atoms with E-state index in [0.29, 0.717) is 24.5 Å². The lowest BCUT2D eigenvalue weighted by Crippen LogP contribution is -2.57. The van der Waals surface area contributed by atoms with Gasteiger partial charge in [-0.15, -0.1) is 0 Å². The molecule has 0 radical (unpaired) electrons. The van der Waals surface area contributed by atoms with Gasteiger partial charge in [0.15, 0.2) is 0 Å². The molecule has 4 rings (SSSR count). The van der Waals surface area contributed by atoms with Crippen molar-refractivity contribution in [3.05, 3.63) is 35.9 Å². The fraction of sp³-hybridized carbons (Fsp3) is 0.650. The first-order valence-electron chi connectivity index (χ1n) is 9.21. The van der Waals surface area contributed by atoms with Gasteiger partial charge in [-0.05, 0) is 57.2 Å². The predicted molar refractivity (Wildman–Crippen MR) is 93.6 cm³/mol. The Morgan fingerprint density at radius 2 is 1.92 bits per heavy atom. The van der Waals surface area contributed by atoms with Crippen LogP contribution in [0, 0.1) is 11.3 Å². The first-order valence-corrected chi connectivity index (χ1v) is 9.21. The molecule has 1 aromatic carbocycles. The maximum absolute atomic E-state index is 13.3. The van der Waals surface area contributed by atoms with Gasteiger partial charge in [0.25, 0.3) is 0 Å². The minimum Gasteiger partial charge on any atom is -0.369 e. The fourth-order valence-corrected chi connectivity index (χ4v) is 4.47. The topological polar surface area (TPSA) is 41.6 Å². The summed E-state index contributed by atoms with van der Waals surface area (Å²) in [4.78, 5) is 15.4. The highest BCUT2D eigenvalue weighted by Gasteiger charge is 2.60. The van der Waals surface area contributed by atoms with E-state index in [4.69, 9.17) is 4.74 Å². The van der Waals surface area contributed by atoms with Crippen LogP contribution in [0.3, 0.4) is 0 Å². The van der Waals surface area contributed by atoms with Gasteiger partial charge >= 0.3 is 0 Å². The molecule has 2 heterocycles. The van der Waals surface area contributed by atoms with Gasteiger partial charge in [0.05, 0.1) is 18.7 Å². The molecule has 4 heteroatoms. The third-order valence-electron chi connectivity index (χ3n) is 6.24. The number of morpholine rings is 1. The standard InChI is InChI=1S/C20H28N2O2/c1-19(2)14-24-17(15-6-4-3-5-7-15)13-22(19)18(23)16-12-20(16)8-10-21-11-9-20/h3-7,16-17,21H,8-14H2,1-2H3. The van der Waals surface area contributed by atoms with E-state index in [9.17, 15) is 4.79 Å². The van der Waals surface area contributed by atoms with Crippen molar-refractivity contribution in [2.45, 2.75) is 44.8 Å². The Morgan fingerprint density at radius 3 is 2.62 bits per heavy atom. The molecule has 0 aromatic heterocycles. The van der Waals surface area contributed by atoms with Crippen LogP contribution >= 0.6 is 0 Å². The number of piperidine rings is 1. The van der Waals surface area contributed by atoms with Crippen LogP contribution in [0.25, 0.3) is 0 Å². The lowest BCUT2D eigenvalue weighted by atomic mass is 9.90. The summed E-state index contributed by atoms with van der Waals surface area (Å²) in [6.45, 7) is 7.64. The number of hydrogen-bond donors (Lipinski definition) is 1. The molecule has 1 aliphatic carbocycles. The number of hydrogen-bond acceptors (Lipinski definition) is 3. The Balaban J connectivity index is 1.50. The summed E-state index contributed by atoms with van der Waals surface area (Å²) in [6, 6.07) is 10.3. The molecule has 2 aliphatic heterocycles. The molecule has 130 valence electrons. The highest BCUT2D eigenvalue weighted by atomic mass is 16.5. The third kappa shape index (κ3) is 2.76. The Bertz CT molecular complexity index is 607. The van der Waals surface area contributed by atoms with Crippen LogP contribution < -0.4 is 5.32 Å². The van der Waals surface area contributed by atoms with Crippen LogP contribution in [-0.4, -0.2) is 42.6 Å². The summed E-state index contributed by atoms with van der Waals surface area (Å²) >= 11 is 0. The maximum atomic E-state index is 13.3. The Kier molecular flexibility index (Phi) is 3.92. The molecule has 1 spiro atoms. The van der Waals surface area contributed by atoms with Crippen molar-refractivity contribution in [3.63, 3.8) is 0 Å². The zero-order chi connectivity index (χ0) is 16.8. The Labute approximate surface area is 144 Å². The van der Waals surface area contributed by atoms with Gasteiger partial charge in [0, 0.05) is 5.92 Å². The van der Waals surface area contributed by atoms with Gasteiger partial charge in [0.1, 0.15) is 6.10 Å². The van der Waals surface area contributed by atoms with E-state index in [1.165, 1.54) is 0 Å². The average Bonchev–Trinajstić information content (AvgIpc) is 3.28. The van der Waals surface area contributed by atoms with Gasteiger partial charge in [-0.3, -0.25) is 4.79 Å². The van der Waals surface area contributed by atoms with Gasteiger partial charge in [-0.2, -0.15) is 0 Å². The molecule has 4 nitrogen and oxygen atoms in total. The SMILES string of the molecule is CC1(C)COC(c2ccccc2)CN1C(=O)C1CC12CCNCC2. The van der Waals surface area contributed by atoms with Crippen molar-refractivity contribution >= 4 is 5.91 Å². The summed E-state index contributed by atoms with van der Waals surface area (Å²) < 4.78 is 6.09. The molecule has 1 aromatic rings. The van der Waals surface area contributed by atoms with Gasteiger partial charge in [-0.1, -0.05) is 30.3 Å². The summed E-state index contributed by atoms with van der Waals surface area (Å²) in [6.07, 6.45) is 3.37. The van der Waals surface area contributed by atoms with Crippen LogP contribution in [-0.2, 0) is 9.53 Å². The van der Waals surface area contributed by atoms with Crippen LogP contribution in [0.2, 0.25) is 0 Å². The Hall–Kier alpha value is -1.39. The van der Waals surface area contributed by atoms with Gasteiger partial charge < -0.3 is 15.0 Å². The second-order valence-electron chi connectivity index (χ2n) is 8.34. The molecule has 3 fully saturated rings. The minimum absolute atomic E-state index is 0.00843. The zero-order valence-corrected chi connectivity index (χ0v) is 14.8. The molecular weight excluding hydrogens is 300 g/mol. The normalized spacial score (nSPS) is 31.0. The van der Waals surface area contributed by atoms with Crippen molar-refractivity contribution < 1.29 is 9.53 Å². The molecule has 1 amide bonds. The monoisotopic (exact) mass is 328 g/mol. The van der Waals surface area contributed by atoms with Crippen LogP contribution in [0.15, 0.2) is 30.3 Å². The maximum Gasteiger partial charge on any atom is 0.226 e. The molecule has 1 N–H and O–H groups in total. The molecule has 3 aliphatic rings. The van der Waals surface area contributed by atoms with Crippen molar-refractivity contribution in [1.29, 1.82) is 0 Å². The smallest absolute Gasteiger partial charge is 0.226 e. The van der Waals surface area contributed by atoms with Crippen molar-refractivity contribution in [2.24, 2.45) is 11.3 Å². The van der Waals surface area contributed by atoms with E-state index in [1.54, 1.807) is 0 Å². The zero-order valence-electron chi connectivity index (χ0n) is 14.8. The van der Waals surface area contributed by atoms with E-state index in [-0.39, 0.29) is 17.6 Å². The molecular formula is C20H28N2O2. The molecule has 2 saturated heterocycles. The minimum atomic E-state index is -0.223. The molecule has 24 heavy (non-hydrogen) atoms.